The highest BCUT2D eigenvalue weighted by atomic mass is 16.3. The molecule has 0 bridgehead atoms. The van der Waals surface area contributed by atoms with Gasteiger partial charge in [0.1, 0.15) is 0 Å². The molecule has 4 nitrogen and oxygen atoms in total. The maximum absolute atomic E-state index is 12.7. The number of carbonyl (C=O) groups excluding carboxylic acids is 1. The molecule has 1 aliphatic heterocycles. The molecular formula is C16H24N2O2. The van der Waals surface area contributed by atoms with E-state index in [0.29, 0.717) is 12.1 Å². The summed E-state index contributed by atoms with van der Waals surface area (Å²) in [6, 6.07) is 5.88. The number of nitrogens with one attached hydrogen (secondary N) is 1. The monoisotopic (exact) mass is 276 g/mol. The third-order valence-electron chi connectivity index (χ3n) is 3.98. The minimum atomic E-state index is -0.417. The zero-order valence-electron chi connectivity index (χ0n) is 12.5. The molecule has 0 spiro atoms. The summed E-state index contributed by atoms with van der Waals surface area (Å²) in [6.45, 7) is 7.96. The van der Waals surface area contributed by atoms with Gasteiger partial charge in [0.2, 0.25) is 0 Å². The van der Waals surface area contributed by atoms with Gasteiger partial charge in [0.25, 0.3) is 5.91 Å². The van der Waals surface area contributed by atoms with Gasteiger partial charge in [-0.2, -0.15) is 0 Å². The lowest BCUT2D eigenvalue weighted by molar-refractivity contribution is 0.0249. The van der Waals surface area contributed by atoms with Crippen LogP contribution in [0.5, 0.6) is 0 Å². The first kappa shape index (κ1) is 14.9. The summed E-state index contributed by atoms with van der Waals surface area (Å²) in [7, 11) is 0. The first-order valence-electron chi connectivity index (χ1n) is 7.34. The highest BCUT2D eigenvalue weighted by Crippen LogP contribution is 2.23. The number of nitrogens with zero attached hydrogens (tertiary/aromatic N) is 1. The van der Waals surface area contributed by atoms with Crippen LogP contribution in [-0.4, -0.2) is 41.7 Å². The van der Waals surface area contributed by atoms with Crippen molar-refractivity contribution < 1.29 is 9.90 Å². The van der Waals surface area contributed by atoms with Crippen LogP contribution >= 0.6 is 0 Å². The molecule has 1 aromatic rings. The molecule has 0 radical (unpaired) electrons. The van der Waals surface area contributed by atoms with Crippen LogP contribution in [0.3, 0.4) is 0 Å². The lowest BCUT2D eigenvalue weighted by atomic mass is 9.95. The molecule has 110 valence electrons. The van der Waals surface area contributed by atoms with Crippen LogP contribution in [0.25, 0.3) is 0 Å². The SMILES string of the molecule is CCNc1ccc(C)cc1C(=O)N1CCC(C)C(O)C1. The number of aliphatic hydroxyl groups excluding tert-OH is 1. The van der Waals surface area contributed by atoms with Gasteiger partial charge >= 0.3 is 0 Å². The molecule has 2 unspecified atom stereocenters. The van der Waals surface area contributed by atoms with E-state index in [4.69, 9.17) is 0 Å². The fourth-order valence-corrected chi connectivity index (χ4v) is 2.58. The van der Waals surface area contributed by atoms with E-state index in [9.17, 15) is 9.90 Å². The minimum absolute atomic E-state index is 0.00981. The smallest absolute Gasteiger partial charge is 0.256 e. The third-order valence-corrected chi connectivity index (χ3v) is 3.98. The van der Waals surface area contributed by atoms with Crippen molar-refractivity contribution in [2.45, 2.75) is 33.3 Å². The summed E-state index contributed by atoms with van der Waals surface area (Å²) in [5, 5.41) is 13.2. The first-order valence-corrected chi connectivity index (χ1v) is 7.34. The Morgan fingerprint density at radius 2 is 2.25 bits per heavy atom. The summed E-state index contributed by atoms with van der Waals surface area (Å²) in [6.07, 6.45) is 0.440. The summed E-state index contributed by atoms with van der Waals surface area (Å²) in [5.74, 6) is 0.278. The number of amides is 1. The van der Waals surface area contributed by atoms with Crippen LogP contribution in [0.15, 0.2) is 18.2 Å². The number of piperidine rings is 1. The van der Waals surface area contributed by atoms with Gasteiger partial charge in [-0.1, -0.05) is 18.6 Å². The van der Waals surface area contributed by atoms with E-state index in [1.165, 1.54) is 0 Å². The molecular weight excluding hydrogens is 252 g/mol. The second-order valence-electron chi connectivity index (χ2n) is 5.66. The average molecular weight is 276 g/mol. The van der Waals surface area contributed by atoms with E-state index in [-0.39, 0.29) is 11.8 Å². The zero-order chi connectivity index (χ0) is 14.7. The number of aryl methyl sites for hydroxylation is 1. The Balaban J connectivity index is 2.22. The molecule has 1 saturated heterocycles. The second-order valence-corrected chi connectivity index (χ2v) is 5.66. The van der Waals surface area contributed by atoms with Gasteiger partial charge in [-0.05, 0) is 38.3 Å². The largest absolute Gasteiger partial charge is 0.391 e. The summed E-state index contributed by atoms with van der Waals surface area (Å²) in [5.41, 5.74) is 2.64. The van der Waals surface area contributed by atoms with Crippen LogP contribution in [0.1, 0.15) is 36.2 Å². The lowest BCUT2D eigenvalue weighted by Crippen LogP contribution is -2.46. The summed E-state index contributed by atoms with van der Waals surface area (Å²) >= 11 is 0. The number of hydrogen-bond acceptors (Lipinski definition) is 3. The molecule has 2 atom stereocenters. The van der Waals surface area contributed by atoms with Crippen molar-refractivity contribution in [2.75, 3.05) is 25.0 Å². The van der Waals surface area contributed by atoms with Crippen LogP contribution in [0, 0.1) is 12.8 Å². The molecule has 4 heteroatoms. The van der Waals surface area contributed by atoms with Gasteiger partial charge in [-0.15, -0.1) is 0 Å². The molecule has 0 saturated carbocycles. The number of carbonyl (C=O) groups is 1. The van der Waals surface area contributed by atoms with Gasteiger partial charge < -0.3 is 15.3 Å². The Hall–Kier alpha value is -1.55. The normalized spacial score (nSPS) is 22.7. The molecule has 1 aliphatic rings. The van der Waals surface area contributed by atoms with Gasteiger partial charge in [0, 0.05) is 25.3 Å². The van der Waals surface area contributed by atoms with E-state index in [1.807, 2.05) is 39.0 Å². The number of hydrogen-bond donors (Lipinski definition) is 2. The Kier molecular flexibility index (Phi) is 4.65. The van der Waals surface area contributed by atoms with Crippen LogP contribution in [0.4, 0.5) is 5.69 Å². The number of aliphatic hydroxyl groups is 1. The third kappa shape index (κ3) is 3.12. The minimum Gasteiger partial charge on any atom is -0.391 e. The van der Waals surface area contributed by atoms with Crippen molar-refractivity contribution in [3.63, 3.8) is 0 Å². The maximum atomic E-state index is 12.7. The zero-order valence-corrected chi connectivity index (χ0v) is 12.5. The van der Waals surface area contributed by atoms with E-state index in [1.54, 1.807) is 4.90 Å². The quantitative estimate of drug-likeness (QED) is 0.890. The summed E-state index contributed by atoms with van der Waals surface area (Å²) < 4.78 is 0. The van der Waals surface area contributed by atoms with Gasteiger partial charge in [-0.25, -0.2) is 0 Å². The first-order chi connectivity index (χ1) is 9.52. The molecule has 0 aliphatic carbocycles. The van der Waals surface area contributed by atoms with E-state index < -0.39 is 6.10 Å². The van der Waals surface area contributed by atoms with E-state index in [2.05, 4.69) is 5.32 Å². The topological polar surface area (TPSA) is 52.6 Å². The molecule has 0 aromatic heterocycles. The molecule has 2 N–H and O–H groups in total. The van der Waals surface area contributed by atoms with Crippen LogP contribution < -0.4 is 5.32 Å². The Labute approximate surface area is 120 Å². The average Bonchev–Trinajstić information content (AvgIpc) is 2.43. The van der Waals surface area contributed by atoms with Crippen molar-refractivity contribution in [3.05, 3.63) is 29.3 Å². The van der Waals surface area contributed by atoms with Gasteiger partial charge in [-0.3, -0.25) is 4.79 Å². The van der Waals surface area contributed by atoms with Crippen molar-refractivity contribution in [1.29, 1.82) is 0 Å². The Morgan fingerprint density at radius 1 is 1.50 bits per heavy atom. The highest BCUT2D eigenvalue weighted by Gasteiger charge is 2.28. The van der Waals surface area contributed by atoms with Gasteiger partial charge in [0.15, 0.2) is 0 Å². The van der Waals surface area contributed by atoms with Gasteiger partial charge in [0.05, 0.1) is 11.7 Å². The van der Waals surface area contributed by atoms with Crippen LogP contribution in [-0.2, 0) is 0 Å². The Bertz CT molecular complexity index is 487. The number of β-amino-alcohol motifs (C(OH)–C–C–N with tert-alkyl or cyclic N) is 1. The molecule has 1 heterocycles. The molecule has 20 heavy (non-hydrogen) atoms. The van der Waals surface area contributed by atoms with E-state index >= 15 is 0 Å². The predicted molar refractivity (Wildman–Crippen MR) is 81.0 cm³/mol. The number of likely N-dealkylation sites (tertiary alicyclic amines) is 1. The maximum Gasteiger partial charge on any atom is 0.256 e. The predicted octanol–water partition coefficient (Wildman–Crippen LogP) is 2.27. The second kappa shape index (κ2) is 6.27. The number of rotatable bonds is 3. The summed E-state index contributed by atoms with van der Waals surface area (Å²) in [4.78, 5) is 14.4. The molecule has 1 aromatic carbocycles. The highest BCUT2D eigenvalue weighted by molar-refractivity contribution is 6.00. The molecule has 1 fully saturated rings. The molecule has 1 amide bonds. The standard InChI is InChI=1S/C16H24N2O2/c1-4-17-14-6-5-11(2)9-13(14)16(20)18-8-7-12(3)15(19)10-18/h5-6,9,12,15,17,19H,4,7-8,10H2,1-3H3. The number of benzene rings is 1. The molecule has 2 rings (SSSR count). The van der Waals surface area contributed by atoms with Crippen molar-refractivity contribution in [1.82, 2.24) is 4.90 Å². The number of anilines is 1. The van der Waals surface area contributed by atoms with Crippen molar-refractivity contribution in [3.8, 4) is 0 Å². The lowest BCUT2D eigenvalue weighted by Gasteiger charge is -2.34. The Morgan fingerprint density at radius 3 is 2.90 bits per heavy atom. The van der Waals surface area contributed by atoms with Crippen molar-refractivity contribution in [2.24, 2.45) is 5.92 Å². The fraction of sp³-hybridized carbons (Fsp3) is 0.562. The fourth-order valence-electron chi connectivity index (χ4n) is 2.58. The van der Waals surface area contributed by atoms with Crippen LogP contribution in [0.2, 0.25) is 0 Å². The van der Waals surface area contributed by atoms with E-state index in [0.717, 1.165) is 30.8 Å². The van der Waals surface area contributed by atoms with Crippen molar-refractivity contribution >= 4 is 11.6 Å².